The maximum absolute atomic E-state index is 12.9. The lowest BCUT2D eigenvalue weighted by Gasteiger charge is -2.55. The van der Waals surface area contributed by atoms with E-state index in [9.17, 15) is 14.4 Å². The molecule has 3 amide bonds. The van der Waals surface area contributed by atoms with Crippen molar-refractivity contribution in [2.75, 3.05) is 31.1 Å². The van der Waals surface area contributed by atoms with Gasteiger partial charge in [-0.25, -0.2) is 0 Å². The molecule has 8 heteroatoms. The number of hydrogen-bond acceptors (Lipinski definition) is 6. The zero-order valence-corrected chi connectivity index (χ0v) is 18.6. The van der Waals surface area contributed by atoms with Crippen LogP contribution in [0.3, 0.4) is 0 Å². The van der Waals surface area contributed by atoms with Crippen molar-refractivity contribution in [3.63, 3.8) is 0 Å². The molecule has 4 aliphatic heterocycles. The van der Waals surface area contributed by atoms with E-state index >= 15 is 0 Å². The van der Waals surface area contributed by atoms with Gasteiger partial charge in [-0.3, -0.25) is 24.6 Å². The molecule has 3 fully saturated rings. The number of rotatable bonds is 4. The second-order valence-corrected chi connectivity index (χ2v) is 9.95. The minimum atomic E-state index is -0.565. The Bertz CT molecular complexity index is 1100. The predicted molar refractivity (Wildman–Crippen MR) is 120 cm³/mol. The third-order valence-electron chi connectivity index (χ3n) is 7.80. The number of benzene rings is 1. The van der Waals surface area contributed by atoms with Gasteiger partial charge in [-0.1, -0.05) is 0 Å². The van der Waals surface area contributed by atoms with Gasteiger partial charge in [-0.15, -0.1) is 0 Å². The number of hydrogen-bond donors (Lipinski definition) is 1. The SMILES string of the molecule is O=C1CCC(N2Cc3cc(N4CC5(CCN(Cc6ccco6)CC5)C4)ccc3C2=O)C(=O)N1. The number of piperidine rings is 2. The molecule has 8 nitrogen and oxygen atoms in total. The minimum Gasteiger partial charge on any atom is -0.468 e. The fourth-order valence-electron chi connectivity index (χ4n) is 5.83. The van der Waals surface area contributed by atoms with Gasteiger partial charge >= 0.3 is 0 Å². The fraction of sp³-hybridized carbons (Fsp3) is 0.480. The highest BCUT2D eigenvalue weighted by Gasteiger charge is 2.45. The van der Waals surface area contributed by atoms with Crippen molar-refractivity contribution >= 4 is 23.4 Å². The molecule has 33 heavy (non-hydrogen) atoms. The first kappa shape index (κ1) is 20.5. The molecule has 1 aromatic heterocycles. The van der Waals surface area contributed by atoms with Crippen LogP contribution in [0, 0.1) is 5.41 Å². The molecule has 1 unspecified atom stereocenters. The van der Waals surface area contributed by atoms with E-state index in [1.54, 1.807) is 11.2 Å². The van der Waals surface area contributed by atoms with E-state index < -0.39 is 6.04 Å². The third kappa shape index (κ3) is 3.62. The van der Waals surface area contributed by atoms with Crippen molar-refractivity contribution in [1.82, 2.24) is 15.1 Å². The molecular formula is C25H28N4O4. The van der Waals surface area contributed by atoms with E-state index in [2.05, 4.69) is 21.2 Å². The molecule has 5 heterocycles. The van der Waals surface area contributed by atoms with Crippen LogP contribution in [-0.2, 0) is 22.7 Å². The minimum absolute atomic E-state index is 0.116. The van der Waals surface area contributed by atoms with Crippen molar-refractivity contribution in [2.24, 2.45) is 5.41 Å². The Kier molecular flexibility index (Phi) is 4.79. The molecule has 3 saturated heterocycles. The van der Waals surface area contributed by atoms with Gasteiger partial charge in [-0.2, -0.15) is 0 Å². The first-order chi connectivity index (χ1) is 16.0. The number of anilines is 1. The Balaban J connectivity index is 1.08. The highest BCUT2D eigenvalue weighted by molar-refractivity contribution is 6.05. The van der Waals surface area contributed by atoms with Crippen molar-refractivity contribution in [2.45, 2.75) is 44.8 Å². The zero-order chi connectivity index (χ0) is 22.6. The number of fused-ring (bicyclic) bond motifs is 1. The average molecular weight is 449 g/mol. The number of amides is 3. The van der Waals surface area contributed by atoms with Crippen LogP contribution in [0.4, 0.5) is 5.69 Å². The summed E-state index contributed by atoms with van der Waals surface area (Å²) in [6.45, 7) is 5.59. The highest BCUT2D eigenvalue weighted by Crippen LogP contribution is 2.43. The number of nitrogens with zero attached hydrogens (tertiary/aromatic N) is 3. The fourth-order valence-corrected chi connectivity index (χ4v) is 5.83. The molecule has 1 aromatic carbocycles. The van der Waals surface area contributed by atoms with E-state index in [1.807, 2.05) is 24.3 Å². The van der Waals surface area contributed by atoms with Crippen molar-refractivity contribution < 1.29 is 18.8 Å². The van der Waals surface area contributed by atoms with Crippen LogP contribution in [0.2, 0.25) is 0 Å². The average Bonchev–Trinajstić information content (AvgIpc) is 3.40. The van der Waals surface area contributed by atoms with Crippen LogP contribution in [0.15, 0.2) is 41.0 Å². The summed E-state index contributed by atoms with van der Waals surface area (Å²) in [5.74, 6) is 0.284. The van der Waals surface area contributed by atoms with Crippen LogP contribution in [-0.4, -0.2) is 59.7 Å². The lowest BCUT2D eigenvalue weighted by Crippen LogP contribution is -2.60. The van der Waals surface area contributed by atoms with Gasteiger partial charge in [0.15, 0.2) is 0 Å². The van der Waals surface area contributed by atoms with Crippen LogP contribution in [0.25, 0.3) is 0 Å². The van der Waals surface area contributed by atoms with Crippen LogP contribution < -0.4 is 10.2 Å². The molecule has 4 aliphatic rings. The number of carbonyl (C=O) groups is 3. The first-order valence-electron chi connectivity index (χ1n) is 11.8. The molecule has 2 aromatic rings. The topological polar surface area (TPSA) is 86.1 Å². The lowest BCUT2D eigenvalue weighted by molar-refractivity contribution is -0.136. The molecule has 1 N–H and O–H groups in total. The summed E-state index contributed by atoms with van der Waals surface area (Å²) in [5, 5.41) is 2.36. The van der Waals surface area contributed by atoms with Crippen LogP contribution in [0.5, 0.6) is 0 Å². The summed E-state index contributed by atoms with van der Waals surface area (Å²) in [5.41, 5.74) is 3.17. The number of imide groups is 1. The van der Waals surface area contributed by atoms with E-state index in [4.69, 9.17) is 4.42 Å². The van der Waals surface area contributed by atoms with Crippen LogP contribution >= 0.6 is 0 Å². The monoisotopic (exact) mass is 448 g/mol. The molecule has 1 atom stereocenters. The molecule has 0 bridgehead atoms. The van der Waals surface area contributed by atoms with Gasteiger partial charge < -0.3 is 14.2 Å². The molecule has 0 radical (unpaired) electrons. The summed E-state index contributed by atoms with van der Waals surface area (Å²) >= 11 is 0. The Hall–Kier alpha value is -3.13. The van der Waals surface area contributed by atoms with Gasteiger partial charge in [0.1, 0.15) is 11.8 Å². The number of nitrogens with one attached hydrogen (secondary N) is 1. The molecule has 1 spiro atoms. The summed E-state index contributed by atoms with van der Waals surface area (Å²) in [6.07, 6.45) is 4.78. The standard InChI is InChI=1S/C25H28N4O4/c30-22-6-5-21(23(31)26-22)29-13-17-12-18(3-4-20(17)24(29)32)28-15-25(16-28)7-9-27(10-8-25)14-19-2-1-11-33-19/h1-4,11-12,21H,5-10,13-16H2,(H,26,30,31). The molecule has 6 rings (SSSR count). The summed E-state index contributed by atoms with van der Waals surface area (Å²) in [4.78, 5) is 43.1. The Labute approximate surface area is 192 Å². The lowest BCUT2D eigenvalue weighted by atomic mass is 9.71. The maximum Gasteiger partial charge on any atom is 0.255 e. The van der Waals surface area contributed by atoms with E-state index in [-0.39, 0.29) is 24.1 Å². The summed E-state index contributed by atoms with van der Waals surface area (Å²) in [6, 6.07) is 9.45. The Morgan fingerprint density at radius 3 is 2.64 bits per heavy atom. The molecule has 172 valence electrons. The second kappa shape index (κ2) is 7.73. The third-order valence-corrected chi connectivity index (χ3v) is 7.80. The van der Waals surface area contributed by atoms with Gasteiger partial charge in [0.2, 0.25) is 11.8 Å². The summed E-state index contributed by atoms with van der Waals surface area (Å²) < 4.78 is 5.49. The number of furan rings is 1. The quantitative estimate of drug-likeness (QED) is 0.722. The largest absolute Gasteiger partial charge is 0.468 e. The molecule has 0 saturated carbocycles. The predicted octanol–water partition coefficient (Wildman–Crippen LogP) is 2.14. The van der Waals surface area contributed by atoms with Gasteiger partial charge in [0.25, 0.3) is 5.91 Å². The number of carbonyl (C=O) groups excluding carboxylic acids is 3. The normalized spacial score (nSPS) is 24.7. The maximum atomic E-state index is 12.9. The molecule has 0 aliphatic carbocycles. The smallest absolute Gasteiger partial charge is 0.255 e. The van der Waals surface area contributed by atoms with E-state index in [0.29, 0.717) is 23.9 Å². The Morgan fingerprint density at radius 2 is 1.91 bits per heavy atom. The zero-order valence-electron chi connectivity index (χ0n) is 18.6. The van der Waals surface area contributed by atoms with E-state index in [1.165, 1.54) is 12.8 Å². The van der Waals surface area contributed by atoms with Gasteiger partial charge in [0.05, 0.1) is 12.8 Å². The Morgan fingerprint density at radius 1 is 1.09 bits per heavy atom. The number of likely N-dealkylation sites (tertiary alicyclic amines) is 1. The summed E-state index contributed by atoms with van der Waals surface area (Å²) in [7, 11) is 0. The van der Waals surface area contributed by atoms with Crippen molar-refractivity contribution in [1.29, 1.82) is 0 Å². The first-order valence-corrected chi connectivity index (χ1v) is 11.8. The van der Waals surface area contributed by atoms with Gasteiger partial charge in [0, 0.05) is 42.7 Å². The van der Waals surface area contributed by atoms with E-state index in [0.717, 1.165) is 49.7 Å². The van der Waals surface area contributed by atoms with Crippen molar-refractivity contribution in [3.05, 3.63) is 53.5 Å². The molecular weight excluding hydrogens is 420 g/mol. The highest BCUT2D eigenvalue weighted by atomic mass is 16.3. The van der Waals surface area contributed by atoms with Crippen molar-refractivity contribution in [3.8, 4) is 0 Å². The van der Waals surface area contributed by atoms with Crippen LogP contribution in [0.1, 0.15) is 47.4 Å². The van der Waals surface area contributed by atoms with Gasteiger partial charge in [-0.05, 0) is 68.2 Å². The second-order valence-electron chi connectivity index (χ2n) is 9.95.